The summed E-state index contributed by atoms with van der Waals surface area (Å²) in [7, 11) is 1.56. The molecular weight excluding hydrogens is 482 g/mol. The van der Waals surface area contributed by atoms with E-state index in [9.17, 15) is 14.4 Å². The van der Waals surface area contributed by atoms with Gasteiger partial charge in [-0.1, -0.05) is 19.1 Å². The Kier molecular flexibility index (Phi) is 8.03. The van der Waals surface area contributed by atoms with Crippen molar-refractivity contribution >= 4 is 34.9 Å². The zero-order valence-electron chi connectivity index (χ0n) is 21.0. The number of amides is 3. The van der Waals surface area contributed by atoms with Crippen LogP contribution in [0.25, 0.3) is 0 Å². The zero-order chi connectivity index (χ0) is 26.6. The molecule has 2 aromatic heterocycles. The number of nitrogens with two attached hydrogens (primary N) is 2. The van der Waals surface area contributed by atoms with Crippen molar-refractivity contribution in [2.24, 2.45) is 5.73 Å². The molecule has 0 fully saturated rings. The van der Waals surface area contributed by atoms with E-state index < -0.39 is 29.3 Å². The van der Waals surface area contributed by atoms with Gasteiger partial charge in [-0.15, -0.1) is 0 Å². The number of anilines is 1. The van der Waals surface area contributed by atoms with Gasteiger partial charge in [0.05, 0.1) is 12.8 Å². The van der Waals surface area contributed by atoms with Gasteiger partial charge in [0, 0.05) is 12.1 Å². The van der Waals surface area contributed by atoms with Crippen molar-refractivity contribution in [1.29, 1.82) is 0 Å². The topological polar surface area (TPSA) is 154 Å². The third-order valence-electron chi connectivity index (χ3n) is 5.86. The van der Waals surface area contributed by atoms with Crippen molar-refractivity contribution in [2.75, 3.05) is 12.8 Å². The Balaban J connectivity index is 2.13. The van der Waals surface area contributed by atoms with Crippen molar-refractivity contribution in [3.8, 4) is 5.75 Å². The number of ether oxygens (including phenoxy) is 1. The first-order valence-electron chi connectivity index (χ1n) is 11.3. The van der Waals surface area contributed by atoms with Crippen LogP contribution in [0.3, 0.4) is 0 Å². The predicted octanol–water partition coefficient (Wildman–Crippen LogP) is 3.42. The smallest absolute Gasteiger partial charge is 0.270 e. The third-order valence-corrected chi connectivity index (χ3v) is 6.72. The van der Waals surface area contributed by atoms with Gasteiger partial charge in [-0.25, -0.2) is 0 Å². The molecular formula is C25H31N5O5S. The molecule has 3 aromatic rings. The minimum Gasteiger partial charge on any atom is -0.497 e. The number of primary amides is 1. The van der Waals surface area contributed by atoms with Gasteiger partial charge in [-0.3, -0.25) is 14.4 Å². The van der Waals surface area contributed by atoms with Crippen molar-refractivity contribution in [2.45, 2.75) is 52.2 Å². The molecule has 0 aliphatic carbocycles. The number of hydrogen-bond acceptors (Lipinski definition) is 8. The molecule has 0 radical (unpaired) electrons. The Morgan fingerprint density at radius 3 is 2.36 bits per heavy atom. The largest absolute Gasteiger partial charge is 0.497 e. The number of methoxy groups -OCH3 is 1. The summed E-state index contributed by atoms with van der Waals surface area (Å²) in [6.45, 7) is 7.54. The Bertz CT molecular complexity index is 1250. The van der Waals surface area contributed by atoms with E-state index in [1.165, 1.54) is 4.90 Å². The van der Waals surface area contributed by atoms with E-state index in [2.05, 4.69) is 9.69 Å². The number of rotatable bonds is 10. The van der Waals surface area contributed by atoms with E-state index >= 15 is 0 Å². The lowest BCUT2D eigenvalue weighted by atomic mass is 10.0. The number of carbonyl (C=O) groups is 3. The summed E-state index contributed by atoms with van der Waals surface area (Å²) in [6, 6.07) is 9.37. The molecule has 0 bridgehead atoms. The van der Waals surface area contributed by atoms with E-state index in [0.717, 1.165) is 17.1 Å². The van der Waals surface area contributed by atoms with Crippen molar-refractivity contribution in [3.63, 3.8) is 0 Å². The van der Waals surface area contributed by atoms with Gasteiger partial charge in [0.2, 0.25) is 0 Å². The first-order chi connectivity index (χ1) is 17.0. The lowest BCUT2D eigenvalue weighted by Crippen LogP contribution is -2.50. The number of nitrogen functional groups attached to an aromatic ring is 1. The molecule has 1 aromatic carbocycles. The highest BCUT2D eigenvalue weighted by Gasteiger charge is 2.38. The Morgan fingerprint density at radius 2 is 1.86 bits per heavy atom. The quantitative estimate of drug-likeness (QED) is 0.375. The predicted molar refractivity (Wildman–Crippen MR) is 137 cm³/mol. The summed E-state index contributed by atoms with van der Waals surface area (Å²) in [5.41, 5.74) is 11.3. The first-order valence-corrected chi connectivity index (χ1v) is 12.1. The van der Waals surface area contributed by atoms with E-state index in [1.807, 2.05) is 20.8 Å². The number of benzene rings is 1. The molecule has 11 heteroatoms. The molecule has 0 aliphatic rings. The second-order valence-electron chi connectivity index (χ2n) is 9.00. The van der Waals surface area contributed by atoms with Gasteiger partial charge >= 0.3 is 0 Å². The summed E-state index contributed by atoms with van der Waals surface area (Å²) in [5, 5.41) is 3.01. The highest BCUT2D eigenvalue weighted by atomic mass is 32.1. The summed E-state index contributed by atoms with van der Waals surface area (Å²) in [6.07, 6.45) is 0.666. The number of nitrogens with zero attached hydrogens (tertiary/aromatic N) is 2. The summed E-state index contributed by atoms with van der Waals surface area (Å²) >= 11 is 0.755. The monoisotopic (exact) mass is 513 g/mol. The van der Waals surface area contributed by atoms with Crippen LogP contribution in [-0.4, -0.2) is 39.6 Å². The van der Waals surface area contributed by atoms with Crippen LogP contribution in [0.1, 0.15) is 70.5 Å². The van der Waals surface area contributed by atoms with E-state index in [1.54, 1.807) is 50.4 Å². The normalized spacial score (nSPS) is 12.1. The van der Waals surface area contributed by atoms with E-state index in [0.29, 0.717) is 17.9 Å². The average molecular weight is 514 g/mol. The van der Waals surface area contributed by atoms with Crippen LogP contribution in [-0.2, 0) is 11.3 Å². The number of furan rings is 1. The average Bonchev–Trinajstić information content (AvgIpc) is 3.43. The fraction of sp³-hybridized carbons (Fsp3) is 0.360. The minimum absolute atomic E-state index is 0.00754. The van der Waals surface area contributed by atoms with Crippen LogP contribution in [0.5, 0.6) is 5.75 Å². The molecule has 192 valence electrons. The maximum atomic E-state index is 13.9. The standard InChI is InChI=1S/C25H31N5O5S/c1-6-25(3,4)28-23(32)20(17-12-7-14(2)35-17)30(13-15-8-10-16(34-5)11-9-15)24(33)21-18(26)19(22(27)31)29-36-21/h7-12,20H,6,13,26H2,1-5H3,(H2,27,31)(H,28,32)/t20-/m1/s1. The fourth-order valence-electron chi connectivity index (χ4n) is 3.48. The van der Waals surface area contributed by atoms with Crippen LogP contribution in [0.15, 0.2) is 40.8 Å². The molecule has 5 N–H and O–H groups in total. The highest BCUT2D eigenvalue weighted by Crippen LogP contribution is 2.32. The van der Waals surface area contributed by atoms with Crippen LogP contribution >= 0.6 is 11.5 Å². The number of aromatic nitrogens is 1. The first kappa shape index (κ1) is 26.7. The van der Waals surface area contributed by atoms with Gasteiger partial charge in [-0.05, 0) is 68.6 Å². The van der Waals surface area contributed by atoms with Gasteiger partial charge < -0.3 is 30.8 Å². The van der Waals surface area contributed by atoms with Gasteiger partial charge in [0.1, 0.15) is 22.1 Å². The summed E-state index contributed by atoms with van der Waals surface area (Å²) in [4.78, 5) is 40.7. The minimum atomic E-state index is -1.13. The highest BCUT2D eigenvalue weighted by molar-refractivity contribution is 7.09. The van der Waals surface area contributed by atoms with E-state index in [4.69, 9.17) is 20.6 Å². The summed E-state index contributed by atoms with van der Waals surface area (Å²) < 4.78 is 15.0. The molecule has 2 heterocycles. The summed E-state index contributed by atoms with van der Waals surface area (Å²) in [5.74, 6) is -0.326. The maximum Gasteiger partial charge on any atom is 0.270 e. The number of nitrogens with one attached hydrogen (secondary N) is 1. The lowest BCUT2D eigenvalue weighted by molar-refractivity contribution is -0.128. The Morgan fingerprint density at radius 1 is 1.19 bits per heavy atom. The second-order valence-corrected chi connectivity index (χ2v) is 9.77. The number of aryl methyl sites for hydroxylation is 1. The number of carbonyl (C=O) groups excluding carboxylic acids is 3. The van der Waals surface area contributed by atoms with Crippen LogP contribution in [0.2, 0.25) is 0 Å². The fourth-order valence-corrected chi connectivity index (χ4v) is 4.24. The molecule has 3 rings (SSSR count). The molecule has 10 nitrogen and oxygen atoms in total. The zero-order valence-corrected chi connectivity index (χ0v) is 21.8. The molecule has 0 saturated carbocycles. The molecule has 0 spiro atoms. The molecule has 0 aliphatic heterocycles. The third kappa shape index (κ3) is 5.85. The van der Waals surface area contributed by atoms with Crippen LogP contribution < -0.4 is 21.5 Å². The molecule has 3 amide bonds. The van der Waals surface area contributed by atoms with Gasteiger partial charge in [-0.2, -0.15) is 4.37 Å². The SMILES string of the molecule is CCC(C)(C)NC(=O)[C@@H](c1ccc(C)o1)N(Cc1ccc(OC)cc1)C(=O)c1snc(C(N)=O)c1N. The van der Waals surface area contributed by atoms with Gasteiger partial charge in [0.15, 0.2) is 11.7 Å². The molecule has 1 atom stereocenters. The molecule has 36 heavy (non-hydrogen) atoms. The molecule has 0 unspecified atom stereocenters. The Hall–Kier alpha value is -3.86. The Labute approximate surface area is 213 Å². The van der Waals surface area contributed by atoms with E-state index in [-0.39, 0.29) is 28.6 Å². The van der Waals surface area contributed by atoms with Gasteiger partial charge in [0.25, 0.3) is 17.7 Å². The van der Waals surface area contributed by atoms with Crippen LogP contribution in [0, 0.1) is 6.92 Å². The van der Waals surface area contributed by atoms with Crippen molar-refractivity contribution < 1.29 is 23.5 Å². The second kappa shape index (κ2) is 10.8. The lowest BCUT2D eigenvalue weighted by Gasteiger charge is -2.33. The van der Waals surface area contributed by atoms with Crippen molar-refractivity contribution in [3.05, 3.63) is 64.1 Å². The van der Waals surface area contributed by atoms with Crippen molar-refractivity contribution in [1.82, 2.24) is 14.6 Å². The maximum absolute atomic E-state index is 13.9. The molecule has 0 saturated heterocycles. The number of hydrogen-bond donors (Lipinski definition) is 3. The van der Waals surface area contributed by atoms with Crippen LogP contribution in [0.4, 0.5) is 5.69 Å².